The lowest BCUT2D eigenvalue weighted by Gasteiger charge is -2.54. The van der Waals surface area contributed by atoms with E-state index in [9.17, 15) is 13.2 Å². The van der Waals surface area contributed by atoms with E-state index in [-0.39, 0.29) is 40.0 Å². The zero-order valence-corrected chi connectivity index (χ0v) is 19.8. The van der Waals surface area contributed by atoms with Gasteiger partial charge in [-0.05, 0) is 45.4 Å². The van der Waals surface area contributed by atoms with Crippen LogP contribution in [0.3, 0.4) is 0 Å². The highest BCUT2D eigenvalue weighted by molar-refractivity contribution is 7.92. The predicted octanol–water partition coefficient (Wildman–Crippen LogP) is 4.52. The molecule has 0 unspecified atom stereocenters. The van der Waals surface area contributed by atoms with Crippen LogP contribution in [0.25, 0.3) is 0 Å². The van der Waals surface area contributed by atoms with E-state index < -0.39 is 15.6 Å². The van der Waals surface area contributed by atoms with Gasteiger partial charge in [-0.15, -0.1) is 11.3 Å². The van der Waals surface area contributed by atoms with Gasteiger partial charge in [-0.1, -0.05) is 11.6 Å². The summed E-state index contributed by atoms with van der Waals surface area (Å²) >= 11 is 7.61. The summed E-state index contributed by atoms with van der Waals surface area (Å²) in [5.41, 5.74) is 1.02. The van der Waals surface area contributed by atoms with Crippen LogP contribution in [-0.4, -0.2) is 48.2 Å². The first-order valence-corrected chi connectivity index (χ1v) is 12.7. The highest BCUT2D eigenvalue weighted by Gasteiger charge is 2.50. The van der Waals surface area contributed by atoms with Gasteiger partial charge in [0.2, 0.25) is 0 Å². The third-order valence-electron chi connectivity index (χ3n) is 5.18. The summed E-state index contributed by atoms with van der Waals surface area (Å²) in [5, 5.41) is 1.82. The van der Waals surface area contributed by atoms with Crippen LogP contribution in [0.15, 0.2) is 34.0 Å². The standard InChI is InChI=1S/C20H24ClN3O5S2/c1-20(2,3)29-19(25)24-12-6-13(24)8-14(7-12)28-17-5-4-15(9-16(17)21)31(26,27)23-18-10-30-11-22-18/h4-5,9-14,23H,6-8H2,1-3H3/t12-,13+,14-. The van der Waals surface area contributed by atoms with Crippen molar-refractivity contribution in [2.75, 3.05) is 4.72 Å². The number of ether oxygens (including phenoxy) is 2. The maximum Gasteiger partial charge on any atom is 0.410 e. The van der Waals surface area contributed by atoms with Gasteiger partial charge in [0.05, 0.1) is 15.4 Å². The summed E-state index contributed by atoms with van der Waals surface area (Å²) in [6.45, 7) is 5.56. The summed E-state index contributed by atoms with van der Waals surface area (Å²) in [5.74, 6) is 0.682. The van der Waals surface area contributed by atoms with Crippen molar-refractivity contribution >= 4 is 44.9 Å². The fraction of sp³-hybridized carbons (Fsp3) is 0.500. The molecule has 2 bridgehead atoms. The SMILES string of the molecule is CC(C)(C)OC(=O)N1[C@@H]2C[C@H](Oc3ccc(S(=O)(=O)Nc4cscn4)cc3Cl)C[C@H]1C2. The third kappa shape index (κ3) is 4.91. The van der Waals surface area contributed by atoms with Crippen LogP contribution in [0.1, 0.15) is 40.0 Å². The minimum atomic E-state index is -3.79. The van der Waals surface area contributed by atoms with E-state index in [0.717, 1.165) is 6.42 Å². The number of hydrogen-bond acceptors (Lipinski definition) is 7. The van der Waals surface area contributed by atoms with E-state index in [4.69, 9.17) is 21.1 Å². The zero-order valence-electron chi connectivity index (χ0n) is 17.4. The molecule has 5 rings (SSSR count). The van der Waals surface area contributed by atoms with E-state index in [0.29, 0.717) is 18.6 Å². The Labute approximate surface area is 190 Å². The Morgan fingerprint density at radius 1 is 1.26 bits per heavy atom. The monoisotopic (exact) mass is 485 g/mol. The van der Waals surface area contributed by atoms with E-state index in [2.05, 4.69) is 9.71 Å². The molecular formula is C20H24ClN3O5S2. The number of amides is 1. The number of fused-ring (bicyclic) bond motifs is 2. The lowest BCUT2D eigenvalue weighted by Crippen LogP contribution is -2.65. The quantitative estimate of drug-likeness (QED) is 0.668. The summed E-state index contributed by atoms with van der Waals surface area (Å²) in [6, 6.07) is 4.54. The van der Waals surface area contributed by atoms with Gasteiger partial charge in [0, 0.05) is 30.3 Å². The molecule has 3 heterocycles. The molecule has 1 aliphatic carbocycles. The first-order valence-electron chi connectivity index (χ1n) is 9.90. The van der Waals surface area contributed by atoms with Crippen molar-refractivity contribution in [2.45, 2.75) is 68.7 Å². The van der Waals surface area contributed by atoms with Crippen molar-refractivity contribution in [1.82, 2.24) is 9.88 Å². The number of piperidine rings is 1. The number of thiazole rings is 1. The number of carbonyl (C=O) groups excluding carboxylic acids is 1. The zero-order chi connectivity index (χ0) is 22.4. The van der Waals surface area contributed by atoms with E-state index in [1.165, 1.54) is 23.5 Å². The molecule has 0 radical (unpaired) electrons. The lowest BCUT2D eigenvalue weighted by molar-refractivity contribution is -0.0791. The average Bonchev–Trinajstić information content (AvgIpc) is 3.14. The maximum absolute atomic E-state index is 12.5. The van der Waals surface area contributed by atoms with Crippen LogP contribution in [0, 0.1) is 0 Å². The number of benzene rings is 1. The molecule has 2 saturated heterocycles. The topological polar surface area (TPSA) is 97.8 Å². The number of nitrogens with one attached hydrogen (secondary N) is 1. The average molecular weight is 486 g/mol. The van der Waals surface area contributed by atoms with Gasteiger partial charge in [0.25, 0.3) is 10.0 Å². The number of halogens is 1. The number of aromatic nitrogens is 1. The van der Waals surface area contributed by atoms with Gasteiger partial charge in [0.15, 0.2) is 5.82 Å². The van der Waals surface area contributed by atoms with E-state index in [1.807, 2.05) is 20.8 Å². The second-order valence-corrected chi connectivity index (χ2v) is 11.5. The minimum absolute atomic E-state index is 0.0282. The Morgan fingerprint density at radius 2 is 1.97 bits per heavy atom. The van der Waals surface area contributed by atoms with Crippen LogP contribution in [-0.2, 0) is 14.8 Å². The van der Waals surface area contributed by atoms with Gasteiger partial charge in [-0.2, -0.15) is 0 Å². The molecule has 1 amide bonds. The molecule has 11 heteroatoms. The lowest BCUT2D eigenvalue weighted by atomic mass is 9.78. The summed E-state index contributed by atoms with van der Waals surface area (Å²) in [4.78, 5) is 18.1. The minimum Gasteiger partial charge on any atom is -0.489 e. The number of sulfonamides is 1. The normalized spacial score (nSPS) is 23.1. The molecule has 8 nitrogen and oxygen atoms in total. The molecule has 3 aliphatic rings. The molecule has 168 valence electrons. The van der Waals surface area contributed by atoms with Crippen LogP contribution >= 0.6 is 22.9 Å². The fourth-order valence-electron chi connectivity index (χ4n) is 3.92. The second kappa shape index (κ2) is 8.14. The van der Waals surface area contributed by atoms with Gasteiger partial charge < -0.3 is 14.4 Å². The molecule has 2 aromatic rings. The summed E-state index contributed by atoms with van der Waals surface area (Å²) in [6.07, 6.45) is 1.91. The predicted molar refractivity (Wildman–Crippen MR) is 118 cm³/mol. The van der Waals surface area contributed by atoms with Gasteiger partial charge >= 0.3 is 6.09 Å². The molecule has 1 aromatic heterocycles. The Morgan fingerprint density at radius 3 is 2.55 bits per heavy atom. The van der Waals surface area contributed by atoms with Crippen molar-refractivity contribution in [3.8, 4) is 5.75 Å². The van der Waals surface area contributed by atoms with Crippen molar-refractivity contribution < 1.29 is 22.7 Å². The highest BCUT2D eigenvalue weighted by atomic mass is 35.5. The molecule has 1 N–H and O–H groups in total. The van der Waals surface area contributed by atoms with Crippen molar-refractivity contribution in [3.63, 3.8) is 0 Å². The van der Waals surface area contributed by atoms with Crippen molar-refractivity contribution in [2.24, 2.45) is 0 Å². The second-order valence-electron chi connectivity index (χ2n) is 8.71. The number of hydrogen-bond donors (Lipinski definition) is 1. The maximum atomic E-state index is 12.5. The van der Waals surface area contributed by atoms with E-state index in [1.54, 1.807) is 21.9 Å². The number of carbonyl (C=O) groups is 1. The molecule has 3 fully saturated rings. The Kier molecular flexibility index (Phi) is 5.82. The Bertz CT molecular complexity index is 1060. The van der Waals surface area contributed by atoms with Crippen molar-refractivity contribution in [1.29, 1.82) is 0 Å². The van der Waals surface area contributed by atoms with Crippen molar-refractivity contribution in [3.05, 3.63) is 34.1 Å². The van der Waals surface area contributed by atoms with Gasteiger partial charge in [-0.25, -0.2) is 18.2 Å². The first-order chi connectivity index (χ1) is 14.5. The van der Waals surface area contributed by atoms with E-state index >= 15 is 0 Å². The third-order valence-corrected chi connectivity index (χ3v) is 7.42. The Hall–Kier alpha value is -2.04. The fourth-order valence-corrected chi connectivity index (χ4v) is 5.79. The Balaban J connectivity index is 1.38. The van der Waals surface area contributed by atoms with Crippen LogP contribution < -0.4 is 9.46 Å². The molecule has 3 atom stereocenters. The number of rotatable bonds is 5. The molecule has 31 heavy (non-hydrogen) atoms. The van der Waals surface area contributed by atoms with Crippen LogP contribution in [0.5, 0.6) is 5.75 Å². The molecular weight excluding hydrogens is 462 g/mol. The van der Waals surface area contributed by atoms with Gasteiger partial charge in [0.1, 0.15) is 17.5 Å². The van der Waals surface area contributed by atoms with Crippen LogP contribution in [0.4, 0.5) is 10.6 Å². The summed E-state index contributed by atoms with van der Waals surface area (Å²) in [7, 11) is -3.79. The first kappa shape index (κ1) is 22.2. The smallest absolute Gasteiger partial charge is 0.410 e. The summed E-state index contributed by atoms with van der Waals surface area (Å²) < 4.78 is 39.0. The molecule has 1 aromatic carbocycles. The molecule has 0 spiro atoms. The highest BCUT2D eigenvalue weighted by Crippen LogP contribution is 2.41. The van der Waals surface area contributed by atoms with Crippen LogP contribution in [0.2, 0.25) is 5.02 Å². The number of nitrogens with zero attached hydrogens (tertiary/aromatic N) is 2. The molecule has 1 saturated carbocycles. The van der Waals surface area contributed by atoms with Gasteiger partial charge in [-0.3, -0.25) is 4.72 Å². The number of anilines is 1. The molecule has 2 aliphatic heterocycles. The largest absolute Gasteiger partial charge is 0.489 e.